The quantitative estimate of drug-likeness (QED) is 0.430. The van der Waals surface area contributed by atoms with Gasteiger partial charge in [-0.15, -0.1) is 0 Å². The molecule has 0 radical (unpaired) electrons. The Balaban J connectivity index is 1.79. The first kappa shape index (κ1) is 25.0. The van der Waals surface area contributed by atoms with Gasteiger partial charge in [0.1, 0.15) is 11.6 Å². The zero-order valence-corrected chi connectivity index (χ0v) is 20.1. The summed E-state index contributed by atoms with van der Waals surface area (Å²) in [5.41, 5.74) is 1.26. The number of amides is 1. The summed E-state index contributed by atoms with van der Waals surface area (Å²) < 4.78 is 42.5. The average molecular weight is 511 g/mol. The van der Waals surface area contributed by atoms with Crippen molar-refractivity contribution in [3.05, 3.63) is 87.2 Å². The molecule has 0 bridgehead atoms. The maximum Gasteiger partial charge on any atom is 0.253 e. The number of nitrogens with two attached hydrogens (primary N) is 1. The summed E-state index contributed by atoms with van der Waals surface area (Å²) in [6.07, 6.45) is 0. The summed E-state index contributed by atoms with van der Waals surface area (Å²) in [7, 11) is -3.80. The Kier molecular flexibility index (Phi) is 7.64. The van der Waals surface area contributed by atoms with Crippen LogP contribution in [-0.4, -0.2) is 14.3 Å². The minimum atomic E-state index is -3.80. The molecule has 0 heterocycles. The second kappa shape index (κ2) is 10.1. The third-order valence-electron chi connectivity index (χ3n) is 4.81. The third-order valence-corrected chi connectivity index (χ3v) is 6.41. The molecular formula is C23H21Cl2FN2O4S. The summed E-state index contributed by atoms with van der Waals surface area (Å²) in [4.78, 5) is 12.7. The van der Waals surface area contributed by atoms with Crippen LogP contribution < -0.4 is 15.2 Å². The van der Waals surface area contributed by atoms with E-state index < -0.39 is 15.9 Å². The van der Waals surface area contributed by atoms with Crippen LogP contribution in [0.4, 0.5) is 4.39 Å². The van der Waals surface area contributed by atoms with E-state index in [9.17, 15) is 17.6 Å². The topological polar surface area (TPSA) is 98.5 Å². The van der Waals surface area contributed by atoms with Crippen molar-refractivity contribution in [1.29, 1.82) is 0 Å². The molecule has 0 spiro atoms. The van der Waals surface area contributed by atoms with Gasteiger partial charge in [-0.3, -0.25) is 4.79 Å². The highest BCUT2D eigenvalue weighted by atomic mass is 35.5. The van der Waals surface area contributed by atoms with E-state index in [1.165, 1.54) is 36.4 Å². The van der Waals surface area contributed by atoms with Crippen molar-refractivity contribution in [1.82, 2.24) is 5.32 Å². The van der Waals surface area contributed by atoms with Crippen LogP contribution in [0, 0.1) is 5.82 Å². The largest absolute Gasteiger partial charge is 0.454 e. The molecule has 0 aliphatic heterocycles. The second-order valence-corrected chi connectivity index (χ2v) is 9.90. The number of carbonyl (C=O) groups excluding carboxylic acids is 1. The van der Waals surface area contributed by atoms with Gasteiger partial charge in [-0.1, -0.05) is 49.2 Å². The van der Waals surface area contributed by atoms with Gasteiger partial charge < -0.3 is 10.1 Å². The molecule has 0 atom stereocenters. The summed E-state index contributed by atoms with van der Waals surface area (Å²) in [6, 6.07) is 13.0. The number of nitrogens with one attached hydrogen (secondary N) is 1. The predicted molar refractivity (Wildman–Crippen MR) is 126 cm³/mol. The molecule has 1 amide bonds. The fourth-order valence-corrected chi connectivity index (χ4v) is 4.07. The minimum absolute atomic E-state index is 0.00000463. The van der Waals surface area contributed by atoms with E-state index in [4.69, 9.17) is 33.1 Å². The van der Waals surface area contributed by atoms with Crippen molar-refractivity contribution >= 4 is 39.1 Å². The van der Waals surface area contributed by atoms with Gasteiger partial charge in [-0.05, 0) is 59.5 Å². The van der Waals surface area contributed by atoms with E-state index in [1.807, 2.05) is 13.8 Å². The lowest BCUT2D eigenvalue weighted by Gasteiger charge is -2.15. The highest BCUT2D eigenvalue weighted by Crippen LogP contribution is 2.39. The molecule has 10 heteroatoms. The van der Waals surface area contributed by atoms with Crippen LogP contribution in [0.25, 0.3) is 0 Å². The number of primary sulfonamides is 1. The molecule has 33 heavy (non-hydrogen) atoms. The van der Waals surface area contributed by atoms with Crippen LogP contribution in [0.5, 0.6) is 11.5 Å². The molecule has 0 fully saturated rings. The Labute approximate surface area is 201 Å². The predicted octanol–water partition coefficient (Wildman–Crippen LogP) is 5.63. The maximum absolute atomic E-state index is 14.0. The smallest absolute Gasteiger partial charge is 0.253 e. The van der Waals surface area contributed by atoms with E-state index in [2.05, 4.69) is 5.32 Å². The van der Waals surface area contributed by atoms with E-state index in [-0.39, 0.29) is 44.5 Å². The molecule has 3 N–H and O–H groups in total. The van der Waals surface area contributed by atoms with Crippen LogP contribution >= 0.6 is 23.2 Å². The lowest BCUT2D eigenvalue weighted by atomic mass is 10.0. The van der Waals surface area contributed by atoms with E-state index in [0.717, 1.165) is 0 Å². The summed E-state index contributed by atoms with van der Waals surface area (Å²) in [6.45, 7) is 3.83. The summed E-state index contributed by atoms with van der Waals surface area (Å²) in [5, 5.41) is 7.97. The molecule has 174 valence electrons. The van der Waals surface area contributed by atoms with Crippen molar-refractivity contribution in [3.63, 3.8) is 0 Å². The minimum Gasteiger partial charge on any atom is -0.454 e. The molecule has 0 aromatic heterocycles. The Bertz CT molecular complexity index is 1300. The molecule has 3 rings (SSSR count). The zero-order chi connectivity index (χ0) is 24.3. The number of benzene rings is 3. The highest BCUT2D eigenvalue weighted by molar-refractivity contribution is 7.89. The molecule has 0 aliphatic carbocycles. The fourth-order valence-electron chi connectivity index (χ4n) is 3.02. The first-order chi connectivity index (χ1) is 15.5. The molecular weight excluding hydrogens is 490 g/mol. The van der Waals surface area contributed by atoms with Gasteiger partial charge in [0.15, 0.2) is 5.75 Å². The van der Waals surface area contributed by atoms with Gasteiger partial charge in [0.05, 0.1) is 20.5 Å². The molecule has 0 saturated heterocycles. The first-order valence-electron chi connectivity index (χ1n) is 9.82. The maximum atomic E-state index is 14.0. The van der Waals surface area contributed by atoms with E-state index in [0.29, 0.717) is 16.9 Å². The van der Waals surface area contributed by atoms with Gasteiger partial charge in [0, 0.05) is 6.54 Å². The number of halogens is 3. The highest BCUT2D eigenvalue weighted by Gasteiger charge is 2.19. The number of rotatable bonds is 7. The van der Waals surface area contributed by atoms with Gasteiger partial charge in [0.25, 0.3) is 5.91 Å². The third kappa shape index (κ3) is 6.03. The number of sulfonamides is 1. The van der Waals surface area contributed by atoms with Crippen LogP contribution in [0.3, 0.4) is 0 Å². The molecule has 0 saturated carbocycles. The molecule has 0 unspecified atom stereocenters. The standard InChI is InChI=1S/C23H21Cl2FN2O4S/c1-13(2)18-11-15(5-10-20(18)26)32-22-19(24)9-8-17(21(22)25)23(29)28-12-14-3-6-16(7-4-14)33(27,30)31/h3-11,13H,12H2,1-2H3,(H,28,29)(H2,27,30,31). The SMILES string of the molecule is CC(C)c1cc(Oc2c(Cl)ccc(C(=O)NCc3ccc(S(N)(=O)=O)cc3)c2Cl)ccc1F. The number of hydrogen-bond donors (Lipinski definition) is 2. The fraction of sp³-hybridized carbons (Fsp3) is 0.174. The van der Waals surface area contributed by atoms with Crippen LogP contribution in [0.15, 0.2) is 59.5 Å². The number of ether oxygens (including phenoxy) is 1. The van der Waals surface area contributed by atoms with Crippen LogP contribution in [0.1, 0.15) is 41.3 Å². The summed E-state index contributed by atoms with van der Waals surface area (Å²) >= 11 is 12.7. The van der Waals surface area contributed by atoms with Crippen molar-refractivity contribution in [2.45, 2.75) is 31.2 Å². The monoisotopic (exact) mass is 510 g/mol. The summed E-state index contributed by atoms with van der Waals surface area (Å²) in [5.74, 6) is -0.490. The zero-order valence-electron chi connectivity index (χ0n) is 17.7. The molecule has 6 nitrogen and oxygen atoms in total. The molecule has 0 aliphatic rings. The molecule has 3 aromatic rings. The first-order valence-corrected chi connectivity index (χ1v) is 12.1. The second-order valence-electron chi connectivity index (χ2n) is 7.55. The van der Waals surface area contributed by atoms with Crippen molar-refractivity contribution in [3.8, 4) is 11.5 Å². The van der Waals surface area contributed by atoms with Gasteiger partial charge in [0.2, 0.25) is 10.0 Å². The van der Waals surface area contributed by atoms with E-state index >= 15 is 0 Å². The van der Waals surface area contributed by atoms with Gasteiger partial charge in [-0.25, -0.2) is 17.9 Å². The van der Waals surface area contributed by atoms with Crippen LogP contribution in [0.2, 0.25) is 10.0 Å². The number of carbonyl (C=O) groups is 1. The van der Waals surface area contributed by atoms with Gasteiger partial charge in [-0.2, -0.15) is 0 Å². The lowest BCUT2D eigenvalue weighted by Crippen LogP contribution is -2.23. The average Bonchev–Trinajstić information content (AvgIpc) is 2.75. The molecule has 3 aromatic carbocycles. The van der Waals surface area contributed by atoms with Crippen molar-refractivity contribution in [2.24, 2.45) is 5.14 Å². The van der Waals surface area contributed by atoms with Gasteiger partial charge >= 0.3 is 0 Å². The van der Waals surface area contributed by atoms with Crippen LogP contribution in [-0.2, 0) is 16.6 Å². The Morgan fingerprint density at radius 1 is 1.09 bits per heavy atom. The number of hydrogen-bond acceptors (Lipinski definition) is 4. The van der Waals surface area contributed by atoms with Crippen molar-refractivity contribution < 1.29 is 22.3 Å². The normalized spacial score (nSPS) is 11.5. The van der Waals surface area contributed by atoms with Crippen molar-refractivity contribution in [2.75, 3.05) is 0 Å². The Morgan fingerprint density at radius 2 is 1.76 bits per heavy atom. The van der Waals surface area contributed by atoms with E-state index in [1.54, 1.807) is 18.2 Å². The Morgan fingerprint density at radius 3 is 2.36 bits per heavy atom. The lowest BCUT2D eigenvalue weighted by molar-refractivity contribution is 0.0950. The Hall–Kier alpha value is -2.65.